The number of hydrogen-bond donors (Lipinski definition) is 2. The normalized spacial score (nSPS) is 23.1. The first kappa shape index (κ1) is 24.9. The first-order valence-corrected chi connectivity index (χ1v) is 11.8. The molecule has 33 heavy (non-hydrogen) atoms. The van der Waals surface area contributed by atoms with Gasteiger partial charge in [0.15, 0.2) is 0 Å². The fourth-order valence-electron chi connectivity index (χ4n) is 4.51. The van der Waals surface area contributed by atoms with Crippen LogP contribution in [0, 0.1) is 5.92 Å². The van der Waals surface area contributed by atoms with Crippen LogP contribution in [0.1, 0.15) is 37.7 Å². The Morgan fingerprint density at radius 2 is 1.73 bits per heavy atom. The van der Waals surface area contributed by atoms with Crippen LogP contribution in [0.3, 0.4) is 0 Å². The van der Waals surface area contributed by atoms with Crippen LogP contribution in [0.15, 0.2) is 36.4 Å². The molecule has 4 rings (SSSR count). The van der Waals surface area contributed by atoms with Gasteiger partial charge in [-0.15, -0.1) is 0 Å². The van der Waals surface area contributed by atoms with Crippen LogP contribution in [0.2, 0.25) is 0 Å². The van der Waals surface area contributed by atoms with Crippen LogP contribution >= 0.6 is 0 Å². The summed E-state index contributed by atoms with van der Waals surface area (Å²) < 4.78 is 5.37. The molecule has 2 aliphatic heterocycles. The van der Waals surface area contributed by atoms with Gasteiger partial charge in [-0.25, -0.2) is 0 Å². The van der Waals surface area contributed by atoms with Gasteiger partial charge in [0, 0.05) is 50.8 Å². The van der Waals surface area contributed by atoms with E-state index in [1.165, 1.54) is 12.8 Å². The Bertz CT molecular complexity index is 790. The highest BCUT2D eigenvalue weighted by Gasteiger charge is 2.38. The summed E-state index contributed by atoms with van der Waals surface area (Å²) in [7, 11) is 0. The van der Waals surface area contributed by atoms with Crippen LogP contribution in [0.4, 0.5) is 0 Å². The molecular formula is C25H35N3O5. The van der Waals surface area contributed by atoms with E-state index in [-0.39, 0.29) is 18.3 Å². The third-order valence-corrected chi connectivity index (χ3v) is 6.45. The molecule has 180 valence electrons. The van der Waals surface area contributed by atoms with Crippen LogP contribution in [-0.4, -0.2) is 84.7 Å². The summed E-state index contributed by atoms with van der Waals surface area (Å²) in [5.41, 5.74) is 1.02. The number of hydrogen-bond acceptors (Lipinski definition) is 5. The maximum absolute atomic E-state index is 12.8. The summed E-state index contributed by atoms with van der Waals surface area (Å²) in [6, 6.07) is 10.5. The van der Waals surface area contributed by atoms with Gasteiger partial charge < -0.3 is 20.1 Å². The lowest BCUT2D eigenvalue weighted by Crippen LogP contribution is -2.47. The molecule has 0 spiro atoms. The van der Waals surface area contributed by atoms with Crippen molar-refractivity contribution in [2.24, 2.45) is 5.92 Å². The Morgan fingerprint density at radius 1 is 1.06 bits per heavy atom. The van der Waals surface area contributed by atoms with Gasteiger partial charge in [-0.1, -0.05) is 30.3 Å². The molecule has 0 unspecified atom stereocenters. The monoisotopic (exact) mass is 457 g/mol. The Hall–Kier alpha value is -2.71. The summed E-state index contributed by atoms with van der Waals surface area (Å²) in [6.07, 6.45) is 8.69. The smallest absolute Gasteiger partial charge is 0.290 e. The number of nitrogens with one attached hydrogen (secondary N) is 1. The van der Waals surface area contributed by atoms with E-state index in [4.69, 9.17) is 14.6 Å². The Morgan fingerprint density at radius 3 is 2.39 bits per heavy atom. The van der Waals surface area contributed by atoms with Crippen molar-refractivity contribution >= 4 is 24.4 Å². The third kappa shape index (κ3) is 8.29. The number of likely N-dealkylation sites (tertiary alicyclic amines) is 1. The second kappa shape index (κ2) is 13.1. The first-order chi connectivity index (χ1) is 16.1. The minimum atomic E-state index is -0.250. The summed E-state index contributed by atoms with van der Waals surface area (Å²) in [5, 5.41) is 9.97. The summed E-state index contributed by atoms with van der Waals surface area (Å²) >= 11 is 0. The average molecular weight is 458 g/mol. The van der Waals surface area contributed by atoms with Gasteiger partial charge in [0.2, 0.25) is 11.8 Å². The molecule has 1 saturated carbocycles. The number of amides is 2. The predicted molar refractivity (Wildman–Crippen MR) is 125 cm³/mol. The van der Waals surface area contributed by atoms with E-state index in [9.17, 15) is 9.59 Å². The quantitative estimate of drug-likeness (QED) is 0.458. The van der Waals surface area contributed by atoms with Crippen LogP contribution < -0.4 is 5.32 Å². The minimum Gasteiger partial charge on any atom is -0.483 e. The number of carbonyl (C=O) groups is 3. The van der Waals surface area contributed by atoms with Crippen LogP contribution in [0.25, 0.3) is 6.08 Å². The standard InChI is InChI=1S/C24H33N3O3.CH2O2/c28-23(11-8-19-4-2-1-3-5-19)25-17-22-10-9-21(27(22)18-20-6-7-20)16-24(29)26-12-14-30-15-13-26;2-1-3/h1-5,8,11,20-22H,6-7,9-10,12-18H2,(H,25,28);1H,(H,2,3)/b11-8+;/t21-,22+;/m1./s1. The third-order valence-electron chi connectivity index (χ3n) is 6.45. The summed E-state index contributed by atoms with van der Waals surface area (Å²) in [4.78, 5) is 37.9. The van der Waals surface area contributed by atoms with Crippen molar-refractivity contribution < 1.29 is 24.2 Å². The highest BCUT2D eigenvalue weighted by Crippen LogP contribution is 2.35. The van der Waals surface area contributed by atoms with Crippen molar-refractivity contribution in [1.82, 2.24) is 15.1 Å². The zero-order chi connectivity index (χ0) is 23.5. The molecular weight excluding hydrogens is 422 g/mol. The molecule has 3 aliphatic rings. The highest BCUT2D eigenvalue weighted by atomic mass is 16.5. The molecule has 2 N–H and O–H groups in total. The van der Waals surface area contributed by atoms with Crippen molar-refractivity contribution in [2.75, 3.05) is 39.4 Å². The van der Waals surface area contributed by atoms with Gasteiger partial charge in [0.25, 0.3) is 6.47 Å². The number of nitrogens with zero attached hydrogens (tertiary/aromatic N) is 2. The Kier molecular flexibility index (Phi) is 9.90. The zero-order valence-corrected chi connectivity index (χ0v) is 19.1. The van der Waals surface area contributed by atoms with Gasteiger partial charge in [0.05, 0.1) is 13.2 Å². The average Bonchev–Trinajstić information content (AvgIpc) is 3.59. The molecule has 2 saturated heterocycles. The van der Waals surface area contributed by atoms with Crippen molar-refractivity contribution in [1.29, 1.82) is 0 Å². The number of ether oxygens (including phenoxy) is 1. The molecule has 2 amide bonds. The minimum absolute atomic E-state index is 0.0573. The van der Waals surface area contributed by atoms with Crippen LogP contribution in [0.5, 0.6) is 0 Å². The topological polar surface area (TPSA) is 99.2 Å². The Balaban J connectivity index is 0.000000968. The van der Waals surface area contributed by atoms with Gasteiger partial charge >= 0.3 is 0 Å². The van der Waals surface area contributed by atoms with Gasteiger partial charge in [-0.3, -0.25) is 19.3 Å². The molecule has 2 heterocycles. The Labute approximate surface area is 195 Å². The zero-order valence-electron chi connectivity index (χ0n) is 19.1. The van der Waals surface area contributed by atoms with E-state index in [2.05, 4.69) is 10.2 Å². The maximum Gasteiger partial charge on any atom is 0.290 e. The van der Waals surface area contributed by atoms with Crippen molar-refractivity contribution in [3.63, 3.8) is 0 Å². The lowest BCUT2D eigenvalue weighted by atomic mass is 10.1. The molecule has 8 nitrogen and oxygen atoms in total. The first-order valence-electron chi connectivity index (χ1n) is 11.8. The van der Waals surface area contributed by atoms with Crippen molar-refractivity contribution in [2.45, 2.75) is 44.2 Å². The molecule has 1 aromatic rings. The number of rotatable bonds is 8. The summed E-state index contributed by atoms with van der Waals surface area (Å²) in [6.45, 7) is 4.16. The molecule has 1 aromatic carbocycles. The number of morpholine rings is 1. The summed E-state index contributed by atoms with van der Waals surface area (Å²) in [5.74, 6) is 0.956. The number of carbonyl (C=O) groups excluding carboxylic acids is 2. The molecule has 2 atom stereocenters. The fourth-order valence-corrected chi connectivity index (χ4v) is 4.51. The molecule has 0 aromatic heterocycles. The molecule has 8 heteroatoms. The fraction of sp³-hybridized carbons (Fsp3) is 0.560. The lowest BCUT2D eigenvalue weighted by molar-refractivity contribution is -0.136. The van der Waals surface area contributed by atoms with E-state index in [0.29, 0.717) is 51.4 Å². The second-order valence-corrected chi connectivity index (χ2v) is 8.82. The van der Waals surface area contributed by atoms with E-state index < -0.39 is 0 Å². The van der Waals surface area contributed by atoms with Crippen molar-refractivity contribution in [3.8, 4) is 0 Å². The largest absolute Gasteiger partial charge is 0.483 e. The van der Waals surface area contributed by atoms with E-state index in [1.807, 2.05) is 41.3 Å². The van der Waals surface area contributed by atoms with E-state index >= 15 is 0 Å². The molecule has 3 fully saturated rings. The second-order valence-electron chi connectivity index (χ2n) is 8.82. The maximum atomic E-state index is 12.8. The van der Waals surface area contributed by atoms with Gasteiger partial charge in [-0.2, -0.15) is 0 Å². The van der Waals surface area contributed by atoms with E-state index in [0.717, 1.165) is 30.9 Å². The van der Waals surface area contributed by atoms with Gasteiger partial charge in [0.1, 0.15) is 0 Å². The van der Waals surface area contributed by atoms with Crippen LogP contribution in [-0.2, 0) is 19.1 Å². The number of benzene rings is 1. The SMILES string of the molecule is O=C(/C=C/c1ccccc1)NC[C@@H]1CC[C@H](CC(=O)N2CCOCC2)N1CC1CC1.O=CO. The predicted octanol–water partition coefficient (Wildman–Crippen LogP) is 2.01. The lowest BCUT2D eigenvalue weighted by Gasteiger charge is -2.33. The molecule has 1 aliphatic carbocycles. The molecule has 0 bridgehead atoms. The highest BCUT2D eigenvalue weighted by molar-refractivity contribution is 5.91. The molecule has 0 radical (unpaired) electrons. The van der Waals surface area contributed by atoms with E-state index in [1.54, 1.807) is 6.08 Å². The van der Waals surface area contributed by atoms with Crippen molar-refractivity contribution in [3.05, 3.63) is 42.0 Å². The number of carboxylic acid groups (broad SMARTS) is 1. The van der Waals surface area contributed by atoms with Gasteiger partial charge in [-0.05, 0) is 43.2 Å².